The Morgan fingerprint density at radius 3 is 2.29 bits per heavy atom. The lowest BCUT2D eigenvalue weighted by molar-refractivity contribution is -0.384. The summed E-state index contributed by atoms with van der Waals surface area (Å²) in [7, 11) is -4.10. The van der Waals surface area contributed by atoms with Crippen LogP contribution >= 0.6 is 31.9 Å². The Labute approximate surface area is 211 Å². The molecule has 34 heavy (non-hydrogen) atoms. The highest BCUT2D eigenvalue weighted by atomic mass is 79.9. The zero-order valence-corrected chi connectivity index (χ0v) is 20.9. The molecule has 0 unspecified atom stereocenters. The van der Waals surface area contributed by atoms with Crippen molar-refractivity contribution in [3.63, 3.8) is 0 Å². The van der Waals surface area contributed by atoms with Crippen molar-refractivity contribution < 1.29 is 22.3 Å². The highest BCUT2D eigenvalue weighted by Gasteiger charge is 2.21. The predicted molar refractivity (Wildman–Crippen MR) is 131 cm³/mol. The van der Waals surface area contributed by atoms with Crippen LogP contribution in [0.3, 0.4) is 0 Å². The monoisotopic (exact) mass is 605 g/mol. The molecule has 0 bridgehead atoms. The standard InChI is InChI=1S/C22H13Br2N3O6S/c23-19-10-14(11-20(24)21(19)33-34(31,32)18-7-2-1-3-8-18)9-15(13-25)22(28)26-16-5-4-6-17(12-16)27(29)30/h1-12H,(H,26,28)/b15-9+. The molecule has 0 aliphatic heterocycles. The van der Waals surface area contributed by atoms with E-state index in [9.17, 15) is 28.6 Å². The van der Waals surface area contributed by atoms with Gasteiger partial charge in [-0.15, -0.1) is 0 Å². The van der Waals surface area contributed by atoms with E-state index in [1.165, 1.54) is 54.6 Å². The van der Waals surface area contributed by atoms with Gasteiger partial charge < -0.3 is 9.50 Å². The first-order chi connectivity index (χ1) is 16.1. The summed E-state index contributed by atoms with van der Waals surface area (Å²) in [6, 6.07) is 17.6. The van der Waals surface area contributed by atoms with Crippen molar-refractivity contribution >= 4 is 65.3 Å². The average molecular weight is 607 g/mol. The number of nitrogens with one attached hydrogen (secondary N) is 1. The molecular weight excluding hydrogens is 594 g/mol. The molecule has 12 heteroatoms. The molecule has 0 atom stereocenters. The van der Waals surface area contributed by atoms with Crippen LogP contribution in [0, 0.1) is 21.4 Å². The van der Waals surface area contributed by atoms with E-state index in [0.29, 0.717) is 5.56 Å². The van der Waals surface area contributed by atoms with Crippen molar-refractivity contribution in [1.82, 2.24) is 0 Å². The van der Waals surface area contributed by atoms with Gasteiger partial charge in [-0.25, -0.2) is 0 Å². The lowest BCUT2D eigenvalue weighted by atomic mass is 10.1. The van der Waals surface area contributed by atoms with E-state index in [4.69, 9.17) is 4.18 Å². The highest BCUT2D eigenvalue weighted by Crippen LogP contribution is 2.37. The number of rotatable bonds is 7. The molecule has 0 heterocycles. The van der Waals surface area contributed by atoms with Crippen molar-refractivity contribution in [2.75, 3.05) is 5.32 Å². The number of hydrogen-bond acceptors (Lipinski definition) is 7. The third kappa shape index (κ3) is 6.07. The van der Waals surface area contributed by atoms with E-state index in [1.54, 1.807) is 24.3 Å². The van der Waals surface area contributed by atoms with Crippen LogP contribution in [0.1, 0.15) is 5.56 Å². The Kier molecular flexibility index (Phi) is 7.83. The summed E-state index contributed by atoms with van der Waals surface area (Å²) in [5, 5.41) is 22.8. The molecule has 0 saturated heterocycles. The van der Waals surface area contributed by atoms with Crippen LogP contribution in [0.25, 0.3) is 6.08 Å². The first kappa shape index (κ1) is 25.1. The van der Waals surface area contributed by atoms with Crippen LogP contribution in [-0.4, -0.2) is 19.2 Å². The summed E-state index contributed by atoms with van der Waals surface area (Å²) in [6.45, 7) is 0. The molecule has 172 valence electrons. The van der Waals surface area contributed by atoms with Crippen LogP contribution < -0.4 is 9.50 Å². The van der Waals surface area contributed by atoms with E-state index >= 15 is 0 Å². The number of carbonyl (C=O) groups is 1. The van der Waals surface area contributed by atoms with Crippen LogP contribution in [0.5, 0.6) is 5.75 Å². The van der Waals surface area contributed by atoms with Gasteiger partial charge in [-0.05, 0) is 73.8 Å². The molecule has 3 aromatic rings. The van der Waals surface area contributed by atoms with Gasteiger partial charge in [0.1, 0.15) is 16.5 Å². The maximum absolute atomic E-state index is 12.5. The minimum absolute atomic E-state index is 0.0134. The number of nitrogens with zero attached hydrogens (tertiary/aromatic N) is 2. The molecule has 0 aliphatic rings. The first-order valence-electron chi connectivity index (χ1n) is 9.27. The van der Waals surface area contributed by atoms with Gasteiger partial charge in [0.25, 0.3) is 11.6 Å². The van der Waals surface area contributed by atoms with Crippen molar-refractivity contribution in [2.45, 2.75) is 4.90 Å². The van der Waals surface area contributed by atoms with Crippen molar-refractivity contribution in [2.24, 2.45) is 0 Å². The molecule has 1 amide bonds. The maximum atomic E-state index is 12.5. The number of carbonyl (C=O) groups excluding carboxylic acids is 1. The Bertz CT molecular complexity index is 1430. The normalized spacial score (nSPS) is 11.4. The number of benzene rings is 3. The molecule has 3 rings (SSSR count). The topological polar surface area (TPSA) is 139 Å². The van der Waals surface area contributed by atoms with Gasteiger partial charge in [0.15, 0.2) is 5.75 Å². The molecule has 9 nitrogen and oxygen atoms in total. The third-order valence-corrected chi connectivity index (χ3v) is 6.65. The number of nitriles is 1. The summed E-state index contributed by atoms with van der Waals surface area (Å²) in [5.41, 5.74) is 0.0385. The van der Waals surface area contributed by atoms with Gasteiger partial charge in [-0.1, -0.05) is 24.3 Å². The number of amides is 1. The Morgan fingerprint density at radius 1 is 1.06 bits per heavy atom. The molecular formula is C22H13Br2N3O6S. The zero-order chi connectivity index (χ0) is 24.9. The summed E-state index contributed by atoms with van der Waals surface area (Å²) in [4.78, 5) is 22.8. The molecule has 0 fully saturated rings. The van der Waals surface area contributed by atoms with Gasteiger partial charge in [0.05, 0.1) is 13.9 Å². The zero-order valence-electron chi connectivity index (χ0n) is 16.9. The fourth-order valence-electron chi connectivity index (χ4n) is 2.70. The lowest BCUT2D eigenvalue weighted by Crippen LogP contribution is -2.13. The number of nitro groups is 1. The summed E-state index contributed by atoms with van der Waals surface area (Å²) >= 11 is 6.50. The van der Waals surface area contributed by atoms with Gasteiger partial charge in [-0.3, -0.25) is 14.9 Å². The third-order valence-electron chi connectivity index (χ3n) is 4.24. The van der Waals surface area contributed by atoms with Crippen LogP contribution in [0.15, 0.2) is 86.1 Å². The predicted octanol–water partition coefficient (Wildman–Crippen LogP) is 5.43. The number of halogens is 2. The Morgan fingerprint density at radius 2 is 1.71 bits per heavy atom. The molecule has 1 N–H and O–H groups in total. The molecule has 0 aromatic heterocycles. The van der Waals surface area contributed by atoms with Crippen molar-refractivity contribution in [3.05, 3.63) is 96.9 Å². The fraction of sp³-hybridized carbons (Fsp3) is 0. The molecule has 3 aromatic carbocycles. The number of hydrogen-bond donors (Lipinski definition) is 1. The van der Waals surface area contributed by atoms with Crippen molar-refractivity contribution in [1.29, 1.82) is 5.26 Å². The molecule has 0 saturated carbocycles. The minimum atomic E-state index is -4.10. The minimum Gasteiger partial charge on any atom is -0.377 e. The fourth-order valence-corrected chi connectivity index (χ4v) is 5.28. The number of anilines is 1. The number of nitro benzene ring substituents is 1. The van der Waals surface area contributed by atoms with Crippen LogP contribution in [0.4, 0.5) is 11.4 Å². The highest BCUT2D eigenvalue weighted by molar-refractivity contribution is 9.11. The second-order valence-corrected chi connectivity index (χ2v) is 9.85. The molecule has 0 radical (unpaired) electrons. The van der Waals surface area contributed by atoms with Gasteiger partial charge in [-0.2, -0.15) is 13.7 Å². The average Bonchev–Trinajstić information content (AvgIpc) is 2.80. The lowest BCUT2D eigenvalue weighted by Gasteiger charge is -2.11. The van der Waals surface area contributed by atoms with Crippen LogP contribution in [0.2, 0.25) is 0 Å². The van der Waals surface area contributed by atoms with Crippen LogP contribution in [-0.2, 0) is 14.9 Å². The SMILES string of the molecule is N#C/C(=C\c1cc(Br)c(OS(=O)(=O)c2ccccc2)c(Br)c1)C(=O)Nc1cccc([N+](=O)[O-])c1. The van der Waals surface area contributed by atoms with Gasteiger partial charge in [0.2, 0.25) is 0 Å². The summed E-state index contributed by atoms with van der Waals surface area (Å²) in [6.07, 6.45) is 1.28. The van der Waals surface area contributed by atoms with E-state index in [0.717, 1.165) is 0 Å². The summed E-state index contributed by atoms with van der Waals surface area (Å²) < 4.78 is 30.8. The van der Waals surface area contributed by atoms with E-state index in [-0.39, 0.29) is 36.5 Å². The second-order valence-electron chi connectivity index (χ2n) is 6.60. The second kappa shape index (κ2) is 10.6. The Balaban J connectivity index is 1.86. The summed E-state index contributed by atoms with van der Waals surface area (Å²) in [5.74, 6) is -0.789. The number of non-ortho nitro benzene ring substituents is 1. The molecule has 0 spiro atoms. The first-order valence-corrected chi connectivity index (χ1v) is 12.3. The smallest absolute Gasteiger partial charge is 0.339 e. The largest absolute Gasteiger partial charge is 0.377 e. The van der Waals surface area contributed by atoms with E-state index in [1.807, 2.05) is 0 Å². The van der Waals surface area contributed by atoms with Gasteiger partial charge in [0, 0.05) is 17.8 Å². The van der Waals surface area contributed by atoms with E-state index < -0.39 is 20.9 Å². The quantitative estimate of drug-likeness (QED) is 0.124. The van der Waals surface area contributed by atoms with Crippen molar-refractivity contribution in [3.8, 4) is 11.8 Å². The molecule has 0 aliphatic carbocycles. The van der Waals surface area contributed by atoms with E-state index in [2.05, 4.69) is 37.2 Å². The van der Waals surface area contributed by atoms with Gasteiger partial charge >= 0.3 is 10.1 Å². The maximum Gasteiger partial charge on any atom is 0.339 e. The Hall–Kier alpha value is -3.53.